The summed E-state index contributed by atoms with van der Waals surface area (Å²) in [6.07, 6.45) is 0. The average Bonchev–Trinajstić information content (AvgIpc) is 3.46. The Bertz CT molecular complexity index is 1500. The summed E-state index contributed by atoms with van der Waals surface area (Å²) in [5.41, 5.74) is 4.56. The number of methoxy groups -OCH3 is 1. The van der Waals surface area contributed by atoms with Gasteiger partial charge in [-0.2, -0.15) is 0 Å². The predicted octanol–water partition coefficient (Wildman–Crippen LogP) is 5.32. The molecule has 2 aliphatic heterocycles. The van der Waals surface area contributed by atoms with Gasteiger partial charge < -0.3 is 19.1 Å². The standard InChI is InChI=1S/C28H20FNO5/c1-33-28(32)18-4-2-16(3-5-18)13-30-14-23-22(27(30)31)10-19-11-24-25(35-15-34-24)12-21(19)26(23)17-6-8-20(29)9-7-17/h2-12H,13-15H2,1H3. The number of hydrogen-bond acceptors (Lipinski definition) is 5. The SMILES string of the molecule is COC(=O)c1ccc(CN2Cc3c(cc4cc5c(cc4c3-c3ccc(F)cc3)OCO5)C2=O)cc1. The number of amides is 1. The van der Waals surface area contributed by atoms with Gasteiger partial charge in [0.2, 0.25) is 6.79 Å². The summed E-state index contributed by atoms with van der Waals surface area (Å²) in [6.45, 7) is 0.944. The number of halogens is 1. The fourth-order valence-electron chi connectivity index (χ4n) is 4.78. The smallest absolute Gasteiger partial charge is 0.337 e. The van der Waals surface area contributed by atoms with Gasteiger partial charge in [0.05, 0.1) is 12.7 Å². The normalized spacial score (nSPS) is 13.9. The van der Waals surface area contributed by atoms with E-state index in [0.717, 1.165) is 33.0 Å². The van der Waals surface area contributed by atoms with Crippen LogP contribution in [-0.2, 0) is 17.8 Å². The van der Waals surface area contributed by atoms with Gasteiger partial charge in [-0.25, -0.2) is 9.18 Å². The zero-order chi connectivity index (χ0) is 24.1. The summed E-state index contributed by atoms with van der Waals surface area (Å²) in [6, 6.07) is 19.0. The van der Waals surface area contributed by atoms with E-state index in [2.05, 4.69) is 0 Å². The largest absolute Gasteiger partial charge is 0.465 e. The molecule has 0 radical (unpaired) electrons. The number of ether oxygens (including phenoxy) is 3. The van der Waals surface area contributed by atoms with Crippen molar-refractivity contribution in [1.82, 2.24) is 4.90 Å². The second-order valence-electron chi connectivity index (χ2n) is 8.56. The lowest BCUT2D eigenvalue weighted by Crippen LogP contribution is -2.23. The molecule has 0 saturated carbocycles. The molecular weight excluding hydrogens is 449 g/mol. The van der Waals surface area contributed by atoms with E-state index in [-0.39, 0.29) is 18.5 Å². The molecular formula is C28H20FNO5. The number of carbonyl (C=O) groups excluding carboxylic acids is 2. The maximum absolute atomic E-state index is 13.7. The van der Waals surface area contributed by atoms with Crippen molar-refractivity contribution in [2.24, 2.45) is 0 Å². The van der Waals surface area contributed by atoms with Gasteiger partial charge in [0.15, 0.2) is 11.5 Å². The Balaban J connectivity index is 1.43. The van der Waals surface area contributed by atoms with Crippen molar-refractivity contribution in [2.45, 2.75) is 13.1 Å². The Labute approximate surface area is 200 Å². The van der Waals surface area contributed by atoms with Crippen molar-refractivity contribution in [2.75, 3.05) is 13.9 Å². The molecule has 6 rings (SSSR count). The van der Waals surface area contributed by atoms with Crippen LogP contribution >= 0.6 is 0 Å². The Morgan fingerprint density at radius 1 is 1.00 bits per heavy atom. The molecule has 6 nitrogen and oxygen atoms in total. The van der Waals surface area contributed by atoms with E-state index in [1.807, 2.05) is 30.3 Å². The molecule has 0 saturated heterocycles. The summed E-state index contributed by atoms with van der Waals surface area (Å²) in [4.78, 5) is 27.0. The highest BCUT2D eigenvalue weighted by Gasteiger charge is 2.32. The molecule has 0 bridgehead atoms. The van der Waals surface area contributed by atoms with Crippen LogP contribution in [0.1, 0.15) is 31.8 Å². The van der Waals surface area contributed by atoms with E-state index >= 15 is 0 Å². The summed E-state index contributed by atoms with van der Waals surface area (Å²) < 4.78 is 29.6. The van der Waals surface area contributed by atoms with Gasteiger partial charge in [0.1, 0.15) is 5.82 Å². The monoisotopic (exact) mass is 469 g/mol. The van der Waals surface area contributed by atoms with E-state index in [9.17, 15) is 14.0 Å². The van der Waals surface area contributed by atoms with E-state index in [4.69, 9.17) is 14.2 Å². The molecule has 0 N–H and O–H groups in total. The zero-order valence-corrected chi connectivity index (χ0v) is 18.8. The number of esters is 1. The first kappa shape index (κ1) is 21.2. The minimum absolute atomic E-state index is 0.0834. The van der Waals surface area contributed by atoms with Crippen LogP contribution in [0.4, 0.5) is 4.39 Å². The van der Waals surface area contributed by atoms with Crippen LogP contribution in [0.2, 0.25) is 0 Å². The molecule has 2 aliphatic rings. The van der Waals surface area contributed by atoms with Crippen molar-refractivity contribution >= 4 is 22.6 Å². The van der Waals surface area contributed by atoms with E-state index in [1.165, 1.54) is 19.2 Å². The molecule has 1 amide bonds. The van der Waals surface area contributed by atoms with E-state index in [1.54, 1.807) is 29.2 Å². The summed E-state index contributed by atoms with van der Waals surface area (Å²) in [5.74, 6) is 0.469. The number of rotatable bonds is 4. The van der Waals surface area contributed by atoms with Gasteiger partial charge >= 0.3 is 5.97 Å². The molecule has 35 heavy (non-hydrogen) atoms. The van der Waals surface area contributed by atoms with Gasteiger partial charge in [-0.15, -0.1) is 0 Å². The van der Waals surface area contributed by atoms with Crippen LogP contribution in [-0.4, -0.2) is 30.7 Å². The van der Waals surface area contributed by atoms with Crippen molar-refractivity contribution in [3.05, 3.63) is 94.8 Å². The highest BCUT2D eigenvalue weighted by atomic mass is 19.1. The number of hydrogen-bond donors (Lipinski definition) is 0. The molecule has 0 atom stereocenters. The Morgan fingerprint density at radius 2 is 1.71 bits per heavy atom. The molecule has 0 spiro atoms. The summed E-state index contributed by atoms with van der Waals surface area (Å²) >= 11 is 0. The Morgan fingerprint density at radius 3 is 2.43 bits per heavy atom. The van der Waals surface area contributed by atoms with Gasteiger partial charge in [0, 0.05) is 18.7 Å². The van der Waals surface area contributed by atoms with Crippen LogP contribution in [0, 0.1) is 5.82 Å². The van der Waals surface area contributed by atoms with Crippen LogP contribution in [0.3, 0.4) is 0 Å². The van der Waals surface area contributed by atoms with E-state index < -0.39 is 5.97 Å². The van der Waals surface area contributed by atoms with Gasteiger partial charge in [-0.3, -0.25) is 4.79 Å². The van der Waals surface area contributed by atoms with E-state index in [0.29, 0.717) is 35.7 Å². The zero-order valence-electron chi connectivity index (χ0n) is 18.8. The fraction of sp³-hybridized carbons (Fsp3) is 0.143. The second kappa shape index (κ2) is 8.13. The van der Waals surface area contributed by atoms with Crippen LogP contribution < -0.4 is 9.47 Å². The van der Waals surface area contributed by atoms with Crippen LogP contribution in [0.25, 0.3) is 21.9 Å². The van der Waals surface area contributed by atoms with Crippen LogP contribution in [0.15, 0.2) is 66.7 Å². The highest BCUT2D eigenvalue weighted by Crippen LogP contribution is 2.44. The topological polar surface area (TPSA) is 65.1 Å². The maximum atomic E-state index is 13.7. The van der Waals surface area contributed by atoms with Gasteiger partial charge in [-0.1, -0.05) is 24.3 Å². The minimum Gasteiger partial charge on any atom is -0.465 e. The molecule has 4 aromatic rings. The minimum atomic E-state index is -0.406. The average molecular weight is 469 g/mol. The lowest BCUT2D eigenvalue weighted by atomic mass is 9.90. The first-order valence-corrected chi connectivity index (χ1v) is 11.1. The molecule has 0 aromatic heterocycles. The molecule has 0 aliphatic carbocycles. The second-order valence-corrected chi connectivity index (χ2v) is 8.56. The third-order valence-corrected chi connectivity index (χ3v) is 6.49. The van der Waals surface area contributed by atoms with Crippen molar-refractivity contribution in [1.29, 1.82) is 0 Å². The molecule has 0 fully saturated rings. The third-order valence-electron chi connectivity index (χ3n) is 6.49. The lowest BCUT2D eigenvalue weighted by molar-refractivity contribution is 0.0600. The van der Waals surface area contributed by atoms with Crippen molar-refractivity contribution in [3.63, 3.8) is 0 Å². The number of benzene rings is 4. The molecule has 7 heteroatoms. The maximum Gasteiger partial charge on any atom is 0.337 e. The summed E-state index contributed by atoms with van der Waals surface area (Å²) in [7, 11) is 1.34. The first-order valence-electron chi connectivity index (χ1n) is 11.1. The first-order chi connectivity index (χ1) is 17.0. The van der Waals surface area contributed by atoms with Crippen LogP contribution in [0.5, 0.6) is 11.5 Å². The third kappa shape index (κ3) is 3.56. The van der Waals surface area contributed by atoms with Gasteiger partial charge in [0.25, 0.3) is 5.91 Å². The van der Waals surface area contributed by atoms with Crippen molar-refractivity contribution in [3.8, 4) is 22.6 Å². The quantitative estimate of drug-likeness (QED) is 0.379. The molecule has 4 aromatic carbocycles. The number of carbonyl (C=O) groups is 2. The fourth-order valence-corrected chi connectivity index (χ4v) is 4.78. The van der Waals surface area contributed by atoms with Gasteiger partial charge in [-0.05, 0) is 75.5 Å². The van der Waals surface area contributed by atoms with Crippen molar-refractivity contribution < 1.29 is 28.2 Å². The molecule has 174 valence electrons. The molecule has 0 unspecified atom stereocenters. The Hall–Kier alpha value is -4.39. The number of nitrogens with zero attached hydrogens (tertiary/aromatic N) is 1. The molecule has 2 heterocycles. The Kier molecular flexibility index (Phi) is 4.91. The predicted molar refractivity (Wildman–Crippen MR) is 127 cm³/mol. The number of fused-ring (bicyclic) bond motifs is 3. The lowest BCUT2D eigenvalue weighted by Gasteiger charge is -2.16. The highest BCUT2D eigenvalue weighted by molar-refractivity contribution is 6.09. The summed E-state index contributed by atoms with van der Waals surface area (Å²) in [5, 5.41) is 1.77.